The van der Waals surface area contributed by atoms with Crippen molar-refractivity contribution in [2.75, 3.05) is 0 Å². The smallest absolute Gasteiger partial charge is 0.185 e. The maximum absolute atomic E-state index is 11.8. The summed E-state index contributed by atoms with van der Waals surface area (Å²) in [4.78, 5) is 0. The van der Waals surface area contributed by atoms with Gasteiger partial charge < -0.3 is 0 Å². The van der Waals surface area contributed by atoms with E-state index in [2.05, 4.69) is 12.6 Å². The molecule has 0 amide bonds. The zero-order valence-electron chi connectivity index (χ0n) is 6.42. The third-order valence-electron chi connectivity index (χ3n) is 1.10. The van der Waals surface area contributed by atoms with Gasteiger partial charge >= 0.3 is 6.18 Å². The summed E-state index contributed by atoms with van der Waals surface area (Å²) in [5, 5.41) is 8.63. The van der Waals surface area contributed by atoms with Gasteiger partial charge in [0, 0.05) is 0 Å². The lowest BCUT2D eigenvalue weighted by atomic mass is 10.2. The molecular weight excluding hydrogens is 199 g/mol. The molecular formula is C8H6F3NS. The van der Waals surface area contributed by atoms with E-state index in [4.69, 9.17) is 5.26 Å². The Kier molecular flexibility index (Phi) is 5.00. The first-order valence-electron chi connectivity index (χ1n) is 3.17. The summed E-state index contributed by atoms with van der Waals surface area (Å²) < 4.78 is 35.4. The average molecular weight is 205 g/mol. The average Bonchev–Trinajstić information content (AvgIpc) is 2.06. The number of alkyl halides is 3. The van der Waals surface area contributed by atoms with Crippen molar-refractivity contribution in [1.29, 1.82) is 5.26 Å². The molecule has 1 aromatic rings. The molecule has 0 spiro atoms. The summed E-state index contributed by atoms with van der Waals surface area (Å²) in [5.41, 5.74) is -0.602. The highest BCUT2D eigenvalue weighted by molar-refractivity contribution is 7.85. The van der Waals surface area contributed by atoms with Gasteiger partial charge in [0.2, 0.25) is 0 Å². The summed E-state index contributed by atoms with van der Waals surface area (Å²) in [7, 11) is 0. The molecule has 13 heavy (non-hydrogen) atoms. The van der Waals surface area contributed by atoms with Gasteiger partial charge in [-0.15, -0.1) is 0 Å². The Balaban J connectivity index is 0.000000424. The fraction of sp³-hybridized carbons (Fsp3) is 0.125. The lowest BCUT2D eigenvalue weighted by Crippen LogP contribution is -2.03. The number of nitrogens with zero attached hydrogens (tertiary/aromatic N) is 1. The van der Waals surface area contributed by atoms with Crippen molar-refractivity contribution in [3.8, 4) is 5.40 Å². The van der Waals surface area contributed by atoms with Crippen LogP contribution in [0.25, 0.3) is 0 Å². The van der Waals surface area contributed by atoms with Crippen LogP contribution in [0.15, 0.2) is 30.3 Å². The van der Waals surface area contributed by atoms with E-state index in [1.54, 1.807) is 6.07 Å². The summed E-state index contributed by atoms with van der Waals surface area (Å²) in [6.07, 6.45) is -4.21. The standard InChI is InChI=1S/C7H5F3.CHNS/c8-7(9,10)6-4-2-1-3-5-6;2-1-3/h1-5H;3H. The van der Waals surface area contributed by atoms with Crippen LogP contribution in [0.5, 0.6) is 0 Å². The van der Waals surface area contributed by atoms with Crippen molar-refractivity contribution in [3.05, 3.63) is 35.9 Å². The van der Waals surface area contributed by atoms with Gasteiger partial charge in [-0.3, -0.25) is 0 Å². The molecule has 1 rings (SSSR count). The zero-order valence-corrected chi connectivity index (χ0v) is 7.31. The quantitative estimate of drug-likeness (QED) is 0.510. The van der Waals surface area contributed by atoms with E-state index in [0.29, 0.717) is 0 Å². The Morgan fingerprint density at radius 2 is 1.54 bits per heavy atom. The lowest BCUT2D eigenvalue weighted by Gasteiger charge is -2.03. The predicted molar refractivity (Wildman–Crippen MR) is 46.0 cm³/mol. The summed E-state index contributed by atoms with van der Waals surface area (Å²) in [6.45, 7) is 0. The van der Waals surface area contributed by atoms with E-state index in [0.717, 1.165) is 12.1 Å². The Morgan fingerprint density at radius 1 is 1.15 bits per heavy atom. The van der Waals surface area contributed by atoms with Crippen LogP contribution >= 0.6 is 12.6 Å². The SMILES string of the molecule is FC(F)(F)c1ccccc1.N#CS. The molecule has 0 aliphatic rings. The van der Waals surface area contributed by atoms with Crippen LogP contribution in [0.3, 0.4) is 0 Å². The van der Waals surface area contributed by atoms with Crippen molar-refractivity contribution in [2.45, 2.75) is 6.18 Å². The number of hydrogen-bond donors (Lipinski definition) is 1. The minimum absolute atomic E-state index is 0.602. The Morgan fingerprint density at radius 3 is 1.77 bits per heavy atom. The molecule has 1 nitrogen and oxygen atoms in total. The molecule has 70 valence electrons. The number of benzene rings is 1. The van der Waals surface area contributed by atoms with Crippen molar-refractivity contribution in [1.82, 2.24) is 0 Å². The van der Waals surface area contributed by atoms with E-state index < -0.39 is 11.7 Å². The fourth-order valence-corrected chi connectivity index (χ4v) is 0.627. The van der Waals surface area contributed by atoms with Crippen LogP contribution in [-0.2, 0) is 6.18 Å². The van der Waals surface area contributed by atoms with Crippen molar-refractivity contribution in [3.63, 3.8) is 0 Å². The molecule has 0 unspecified atom stereocenters. The highest BCUT2D eigenvalue weighted by Gasteiger charge is 2.29. The number of nitriles is 1. The molecule has 0 bridgehead atoms. The molecule has 0 N–H and O–H groups in total. The third kappa shape index (κ3) is 5.15. The molecule has 0 atom stereocenters. The Hall–Kier alpha value is -1.15. The van der Waals surface area contributed by atoms with E-state index in [1.165, 1.54) is 17.5 Å². The number of halogens is 3. The normalized spacial score (nSPS) is 9.46. The maximum Gasteiger partial charge on any atom is 0.416 e. The Bertz CT molecular complexity index is 276. The minimum atomic E-state index is -4.21. The highest BCUT2D eigenvalue weighted by atomic mass is 32.1. The van der Waals surface area contributed by atoms with Crippen LogP contribution < -0.4 is 0 Å². The van der Waals surface area contributed by atoms with Gasteiger partial charge in [0.1, 0.15) is 5.40 Å². The summed E-state index contributed by atoms with van der Waals surface area (Å²) >= 11 is 3.09. The molecule has 1 aromatic carbocycles. The van der Waals surface area contributed by atoms with Crippen LogP contribution in [0.1, 0.15) is 5.56 Å². The molecule has 5 heteroatoms. The molecule has 0 saturated heterocycles. The van der Waals surface area contributed by atoms with E-state index in [-0.39, 0.29) is 0 Å². The van der Waals surface area contributed by atoms with Crippen LogP contribution in [0, 0.1) is 10.7 Å². The predicted octanol–water partition coefficient (Wildman–Crippen LogP) is 3.10. The topological polar surface area (TPSA) is 23.8 Å². The van der Waals surface area contributed by atoms with Gasteiger partial charge in [0.15, 0.2) is 0 Å². The van der Waals surface area contributed by atoms with E-state index >= 15 is 0 Å². The van der Waals surface area contributed by atoms with Gasteiger partial charge in [0.05, 0.1) is 5.56 Å². The minimum Gasteiger partial charge on any atom is -0.185 e. The van der Waals surface area contributed by atoms with Crippen molar-refractivity contribution >= 4 is 12.6 Å². The van der Waals surface area contributed by atoms with E-state index in [1.807, 2.05) is 0 Å². The van der Waals surface area contributed by atoms with Crippen molar-refractivity contribution in [2.24, 2.45) is 0 Å². The molecule has 0 aliphatic carbocycles. The summed E-state index contributed by atoms with van der Waals surface area (Å²) in [5.74, 6) is 0. The second kappa shape index (κ2) is 5.49. The van der Waals surface area contributed by atoms with Crippen LogP contribution in [0.4, 0.5) is 13.2 Å². The monoisotopic (exact) mass is 205 g/mol. The lowest BCUT2D eigenvalue weighted by molar-refractivity contribution is -0.137. The molecule has 0 heterocycles. The highest BCUT2D eigenvalue weighted by Crippen LogP contribution is 2.28. The largest absolute Gasteiger partial charge is 0.416 e. The number of hydrogen-bond acceptors (Lipinski definition) is 2. The number of thiocyanates is 1. The summed E-state index contributed by atoms with van der Waals surface area (Å²) in [6, 6.07) is 6.36. The second-order valence-electron chi connectivity index (χ2n) is 1.96. The number of rotatable bonds is 0. The van der Waals surface area contributed by atoms with Gasteiger partial charge in [-0.05, 0) is 0 Å². The van der Waals surface area contributed by atoms with E-state index in [9.17, 15) is 13.2 Å². The first-order chi connectivity index (χ1) is 6.02. The maximum atomic E-state index is 11.8. The van der Waals surface area contributed by atoms with Gasteiger partial charge in [-0.2, -0.15) is 18.4 Å². The van der Waals surface area contributed by atoms with Gasteiger partial charge in [0.25, 0.3) is 0 Å². The fourth-order valence-electron chi connectivity index (χ4n) is 0.627. The number of thiol groups is 1. The molecule has 0 radical (unpaired) electrons. The zero-order chi connectivity index (χ0) is 10.3. The van der Waals surface area contributed by atoms with Crippen molar-refractivity contribution < 1.29 is 13.2 Å². The first kappa shape index (κ1) is 11.8. The Labute approximate surface area is 79.2 Å². The molecule has 0 aliphatic heterocycles. The molecule has 0 saturated carbocycles. The van der Waals surface area contributed by atoms with Crippen LogP contribution in [0.2, 0.25) is 0 Å². The first-order valence-corrected chi connectivity index (χ1v) is 3.62. The van der Waals surface area contributed by atoms with Gasteiger partial charge in [-0.25, -0.2) is 0 Å². The second-order valence-corrected chi connectivity index (χ2v) is 2.16. The third-order valence-corrected chi connectivity index (χ3v) is 1.10. The molecule has 0 fully saturated rings. The molecule has 0 aromatic heterocycles. The van der Waals surface area contributed by atoms with Crippen LogP contribution in [-0.4, -0.2) is 0 Å². The van der Waals surface area contributed by atoms with Gasteiger partial charge in [-0.1, -0.05) is 43.0 Å².